The third-order valence-corrected chi connectivity index (χ3v) is 3.31. The van der Waals surface area contributed by atoms with E-state index in [2.05, 4.69) is 9.47 Å². The van der Waals surface area contributed by atoms with Crippen LogP contribution in [0.4, 0.5) is 13.2 Å². The van der Waals surface area contributed by atoms with Gasteiger partial charge in [0.25, 0.3) is 0 Å². The molecule has 2 unspecified atom stereocenters. The van der Waals surface area contributed by atoms with E-state index in [9.17, 15) is 18.0 Å². The van der Waals surface area contributed by atoms with Crippen molar-refractivity contribution in [2.24, 2.45) is 11.7 Å². The number of carbonyl (C=O) groups is 1. The van der Waals surface area contributed by atoms with Gasteiger partial charge >= 0.3 is 12.1 Å². The molecule has 0 spiro atoms. The maximum Gasteiger partial charge on any atom is 0.411 e. The van der Waals surface area contributed by atoms with Crippen molar-refractivity contribution >= 4 is 5.97 Å². The minimum atomic E-state index is -4.32. The predicted octanol–water partition coefficient (Wildman–Crippen LogP) is 1.63. The Morgan fingerprint density at radius 3 is 2.72 bits per heavy atom. The highest BCUT2D eigenvalue weighted by molar-refractivity contribution is 5.81. The molecule has 0 aromatic carbocycles. The van der Waals surface area contributed by atoms with E-state index < -0.39 is 24.3 Å². The summed E-state index contributed by atoms with van der Waals surface area (Å²) in [4.78, 5) is 11.6. The average Bonchev–Trinajstić information content (AvgIpc) is 2.65. The monoisotopic (exact) mass is 269 g/mol. The third kappa shape index (κ3) is 3.84. The molecule has 0 amide bonds. The second-order valence-electron chi connectivity index (χ2n) is 4.58. The second kappa shape index (κ2) is 5.88. The lowest BCUT2D eigenvalue weighted by molar-refractivity contribution is -0.175. The average molecular weight is 269 g/mol. The predicted molar refractivity (Wildman–Crippen MR) is 57.8 cm³/mol. The van der Waals surface area contributed by atoms with Crippen LogP contribution in [0.5, 0.6) is 0 Å². The first-order valence-corrected chi connectivity index (χ1v) is 5.81. The van der Waals surface area contributed by atoms with Crippen LogP contribution in [-0.4, -0.2) is 38.0 Å². The van der Waals surface area contributed by atoms with Gasteiger partial charge in [-0.3, -0.25) is 4.79 Å². The van der Waals surface area contributed by atoms with Crippen LogP contribution in [-0.2, 0) is 14.3 Å². The van der Waals surface area contributed by atoms with E-state index in [1.165, 1.54) is 7.11 Å². The SMILES string of the molecule is COC(=O)C1(N)CCCC1CCOCC(F)(F)F. The number of carbonyl (C=O) groups excluding carboxylic acids is 1. The number of methoxy groups -OCH3 is 1. The lowest BCUT2D eigenvalue weighted by Crippen LogP contribution is -2.51. The van der Waals surface area contributed by atoms with E-state index in [1.807, 2.05) is 0 Å². The quantitative estimate of drug-likeness (QED) is 0.608. The van der Waals surface area contributed by atoms with Crippen LogP contribution in [0.2, 0.25) is 0 Å². The van der Waals surface area contributed by atoms with Gasteiger partial charge in [0, 0.05) is 6.61 Å². The maximum absolute atomic E-state index is 11.9. The van der Waals surface area contributed by atoms with Gasteiger partial charge in [-0.15, -0.1) is 0 Å². The Labute approximate surface area is 104 Å². The van der Waals surface area contributed by atoms with E-state index in [-0.39, 0.29) is 12.5 Å². The summed E-state index contributed by atoms with van der Waals surface area (Å²) in [5, 5.41) is 0. The smallest absolute Gasteiger partial charge is 0.411 e. The summed E-state index contributed by atoms with van der Waals surface area (Å²) in [5.41, 5.74) is 4.90. The van der Waals surface area contributed by atoms with Gasteiger partial charge in [0.2, 0.25) is 0 Å². The van der Waals surface area contributed by atoms with Crippen molar-refractivity contribution in [2.75, 3.05) is 20.3 Å². The van der Waals surface area contributed by atoms with Gasteiger partial charge in [-0.25, -0.2) is 0 Å². The zero-order chi connectivity index (χ0) is 13.8. The van der Waals surface area contributed by atoms with Gasteiger partial charge < -0.3 is 15.2 Å². The van der Waals surface area contributed by atoms with E-state index in [0.717, 1.165) is 6.42 Å². The molecule has 1 fully saturated rings. The number of hydrogen-bond acceptors (Lipinski definition) is 4. The van der Waals surface area contributed by atoms with Crippen LogP contribution in [0.3, 0.4) is 0 Å². The van der Waals surface area contributed by atoms with Crippen molar-refractivity contribution in [1.29, 1.82) is 0 Å². The summed E-state index contributed by atoms with van der Waals surface area (Å²) in [7, 11) is 1.26. The Hall–Kier alpha value is -0.820. The van der Waals surface area contributed by atoms with E-state index >= 15 is 0 Å². The molecule has 18 heavy (non-hydrogen) atoms. The number of ether oxygens (including phenoxy) is 2. The molecule has 0 aromatic rings. The molecule has 7 heteroatoms. The molecule has 1 saturated carbocycles. The zero-order valence-electron chi connectivity index (χ0n) is 10.3. The number of nitrogens with two attached hydrogens (primary N) is 1. The van der Waals surface area contributed by atoms with Crippen molar-refractivity contribution in [1.82, 2.24) is 0 Å². The van der Waals surface area contributed by atoms with Crippen molar-refractivity contribution < 1.29 is 27.4 Å². The molecule has 0 radical (unpaired) electrons. The summed E-state index contributed by atoms with van der Waals surface area (Å²) in [6.45, 7) is -1.32. The first kappa shape index (κ1) is 15.2. The fourth-order valence-corrected chi connectivity index (χ4v) is 2.38. The molecule has 0 saturated heterocycles. The number of esters is 1. The first-order valence-electron chi connectivity index (χ1n) is 5.81. The fraction of sp³-hybridized carbons (Fsp3) is 0.909. The molecule has 0 aliphatic heterocycles. The zero-order valence-corrected chi connectivity index (χ0v) is 10.3. The van der Waals surface area contributed by atoms with Gasteiger partial charge in [-0.2, -0.15) is 13.2 Å². The third-order valence-electron chi connectivity index (χ3n) is 3.31. The lowest BCUT2D eigenvalue weighted by Gasteiger charge is -2.28. The van der Waals surface area contributed by atoms with Crippen LogP contribution >= 0.6 is 0 Å². The van der Waals surface area contributed by atoms with Crippen molar-refractivity contribution in [3.8, 4) is 0 Å². The standard InChI is InChI=1S/C11H18F3NO3/c1-17-9(16)10(15)5-2-3-8(10)4-6-18-7-11(12,13)14/h8H,2-7,15H2,1H3. The van der Waals surface area contributed by atoms with Gasteiger partial charge in [0.05, 0.1) is 7.11 Å². The molecule has 4 nitrogen and oxygen atoms in total. The molecular weight excluding hydrogens is 251 g/mol. The number of alkyl halides is 3. The minimum absolute atomic E-state index is 0.0554. The van der Waals surface area contributed by atoms with Crippen LogP contribution in [0.25, 0.3) is 0 Å². The fourth-order valence-electron chi connectivity index (χ4n) is 2.38. The molecule has 2 N–H and O–H groups in total. The van der Waals surface area contributed by atoms with Crippen LogP contribution in [0.1, 0.15) is 25.7 Å². The summed E-state index contributed by atoms with van der Waals surface area (Å²) in [6.07, 6.45) is -2.00. The highest BCUT2D eigenvalue weighted by Gasteiger charge is 2.46. The second-order valence-corrected chi connectivity index (χ2v) is 4.58. The molecule has 1 aliphatic rings. The lowest BCUT2D eigenvalue weighted by atomic mass is 9.86. The Morgan fingerprint density at radius 2 is 2.17 bits per heavy atom. The molecule has 0 bridgehead atoms. The van der Waals surface area contributed by atoms with E-state index in [0.29, 0.717) is 19.3 Å². The Morgan fingerprint density at radius 1 is 1.50 bits per heavy atom. The van der Waals surface area contributed by atoms with Gasteiger partial charge in [-0.1, -0.05) is 6.42 Å². The van der Waals surface area contributed by atoms with Gasteiger partial charge in [0.1, 0.15) is 12.1 Å². The Bertz CT molecular complexity index is 296. The molecule has 2 atom stereocenters. The topological polar surface area (TPSA) is 61.5 Å². The molecule has 1 aliphatic carbocycles. The number of rotatable bonds is 5. The molecule has 0 heterocycles. The van der Waals surface area contributed by atoms with E-state index in [4.69, 9.17) is 5.73 Å². The van der Waals surface area contributed by atoms with Crippen molar-refractivity contribution in [3.63, 3.8) is 0 Å². The highest BCUT2D eigenvalue weighted by Crippen LogP contribution is 2.36. The van der Waals surface area contributed by atoms with Crippen LogP contribution in [0, 0.1) is 5.92 Å². The highest BCUT2D eigenvalue weighted by atomic mass is 19.4. The normalized spacial score (nSPS) is 28.4. The first-order chi connectivity index (χ1) is 8.29. The van der Waals surface area contributed by atoms with Gasteiger partial charge in [0.15, 0.2) is 0 Å². The molecule has 106 valence electrons. The summed E-state index contributed by atoms with van der Waals surface area (Å²) >= 11 is 0. The number of hydrogen-bond donors (Lipinski definition) is 1. The summed E-state index contributed by atoms with van der Waals surface area (Å²) in [6, 6.07) is 0. The van der Waals surface area contributed by atoms with Crippen LogP contribution < -0.4 is 5.73 Å². The molecule has 1 rings (SSSR count). The van der Waals surface area contributed by atoms with E-state index in [1.54, 1.807) is 0 Å². The Kier molecular flexibility index (Phi) is 4.98. The molecule has 0 aromatic heterocycles. The maximum atomic E-state index is 11.9. The Balaban J connectivity index is 2.39. The summed E-state index contributed by atoms with van der Waals surface area (Å²) in [5.74, 6) is -0.681. The van der Waals surface area contributed by atoms with Gasteiger partial charge in [-0.05, 0) is 25.2 Å². The van der Waals surface area contributed by atoms with Crippen LogP contribution in [0.15, 0.2) is 0 Å². The van der Waals surface area contributed by atoms with Crippen molar-refractivity contribution in [2.45, 2.75) is 37.4 Å². The number of halogens is 3. The minimum Gasteiger partial charge on any atom is -0.468 e. The largest absolute Gasteiger partial charge is 0.468 e. The molecular formula is C11H18F3NO3. The van der Waals surface area contributed by atoms with Crippen molar-refractivity contribution in [3.05, 3.63) is 0 Å². The summed E-state index contributed by atoms with van der Waals surface area (Å²) < 4.78 is 44.8.